The molecular weight excluding hydrogens is 426 g/mol. The van der Waals surface area contributed by atoms with Crippen molar-refractivity contribution < 1.29 is 13.9 Å². The van der Waals surface area contributed by atoms with Crippen LogP contribution >= 0.6 is 23.4 Å². The first-order chi connectivity index (χ1) is 14.6. The minimum absolute atomic E-state index is 0.211. The van der Waals surface area contributed by atoms with E-state index in [-0.39, 0.29) is 5.69 Å². The van der Waals surface area contributed by atoms with Crippen molar-refractivity contribution in [3.63, 3.8) is 0 Å². The van der Waals surface area contributed by atoms with E-state index in [4.69, 9.17) is 20.8 Å². The molecule has 4 aromatic rings. The number of hydrogen-bond donors (Lipinski definition) is 0. The van der Waals surface area contributed by atoms with E-state index in [9.17, 15) is 4.79 Å². The molecule has 0 amide bonds. The number of ether oxygens (including phenoxy) is 1. The highest BCUT2D eigenvalue weighted by Gasteiger charge is 2.20. The van der Waals surface area contributed by atoms with E-state index in [1.54, 1.807) is 47.5 Å². The molecule has 0 spiro atoms. The maximum Gasteiger partial charge on any atom is 0.356 e. The number of nitrogens with zero attached hydrogens (tertiary/aromatic N) is 5. The highest BCUT2D eigenvalue weighted by Crippen LogP contribution is 2.38. The van der Waals surface area contributed by atoms with Gasteiger partial charge in [-0.1, -0.05) is 11.6 Å². The van der Waals surface area contributed by atoms with Gasteiger partial charge in [-0.2, -0.15) is 5.10 Å². The van der Waals surface area contributed by atoms with Gasteiger partial charge in [0.1, 0.15) is 16.4 Å². The van der Waals surface area contributed by atoms with Gasteiger partial charge in [0.05, 0.1) is 23.9 Å². The molecule has 10 heteroatoms. The molecule has 0 aliphatic carbocycles. The van der Waals surface area contributed by atoms with Crippen LogP contribution in [-0.2, 0) is 11.3 Å². The third kappa shape index (κ3) is 4.22. The normalized spacial score (nSPS) is 10.9. The Morgan fingerprint density at radius 2 is 2.03 bits per heavy atom. The summed E-state index contributed by atoms with van der Waals surface area (Å²) < 4.78 is 12.5. The van der Waals surface area contributed by atoms with Crippen LogP contribution in [0.25, 0.3) is 22.7 Å². The maximum atomic E-state index is 11.7. The van der Waals surface area contributed by atoms with E-state index < -0.39 is 5.97 Å². The molecule has 0 radical (unpaired) electrons. The van der Waals surface area contributed by atoms with Crippen molar-refractivity contribution in [3.8, 4) is 22.7 Å². The Hall–Kier alpha value is -3.17. The fourth-order valence-electron chi connectivity index (χ4n) is 2.61. The quantitative estimate of drug-likeness (QED) is 0.400. The standard InChI is InChI=1S/C20H16ClN5O3S/c1-3-26-11-13(9-24-26)18-25-17(12-4-6-15(22-8-12)19(27)28-2)20(29-18)30-16-7-5-14(21)10-23-16/h4-11H,3H2,1-2H3. The first-order valence-electron chi connectivity index (χ1n) is 8.95. The van der Waals surface area contributed by atoms with E-state index >= 15 is 0 Å². The van der Waals surface area contributed by atoms with E-state index in [1.807, 2.05) is 13.1 Å². The smallest absolute Gasteiger partial charge is 0.356 e. The van der Waals surface area contributed by atoms with Gasteiger partial charge < -0.3 is 9.15 Å². The zero-order valence-corrected chi connectivity index (χ0v) is 17.6. The zero-order chi connectivity index (χ0) is 21.1. The Morgan fingerprint density at radius 3 is 2.67 bits per heavy atom. The second-order valence-corrected chi connectivity index (χ2v) is 7.51. The molecule has 0 unspecified atom stereocenters. The van der Waals surface area contributed by atoms with Gasteiger partial charge in [-0.05, 0) is 43.0 Å². The summed E-state index contributed by atoms with van der Waals surface area (Å²) in [5, 5.41) is 6.06. The van der Waals surface area contributed by atoms with Crippen LogP contribution in [0.2, 0.25) is 5.02 Å². The van der Waals surface area contributed by atoms with Gasteiger partial charge in [-0.15, -0.1) is 0 Å². The van der Waals surface area contributed by atoms with Crippen LogP contribution in [0.15, 0.2) is 63.6 Å². The Kier molecular flexibility index (Phi) is 5.82. The van der Waals surface area contributed by atoms with Gasteiger partial charge in [0.25, 0.3) is 0 Å². The number of methoxy groups -OCH3 is 1. The van der Waals surface area contributed by atoms with Gasteiger partial charge in [0.15, 0.2) is 5.09 Å². The Morgan fingerprint density at radius 1 is 1.17 bits per heavy atom. The molecular formula is C20H16ClN5O3S. The number of pyridine rings is 2. The summed E-state index contributed by atoms with van der Waals surface area (Å²) in [5.41, 5.74) is 2.24. The van der Waals surface area contributed by atoms with Crippen LogP contribution in [0.4, 0.5) is 0 Å². The summed E-state index contributed by atoms with van der Waals surface area (Å²) in [6.07, 6.45) is 6.69. The Labute approximate surface area is 181 Å². The van der Waals surface area contributed by atoms with Crippen molar-refractivity contribution in [3.05, 3.63) is 59.8 Å². The lowest BCUT2D eigenvalue weighted by Crippen LogP contribution is -2.03. The van der Waals surface area contributed by atoms with E-state index in [0.717, 1.165) is 12.1 Å². The lowest BCUT2D eigenvalue weighted by Gasteiger charge is -2.02. The van der Waals surface area contributed by atoms with Gasteiger partial charge in [-0.25, -0.2) is 19.7 Å². The fraction of sp³-hybridized carbons (Fsp3) is 0.150. The third-order valence-electron chi connectivity index (χ3n) is 4.13. The topological polar surface area (TPSA) is 95.9 Å². The van der Waals surface area contributed by atoms with Crippen LogP contribution in [-0.4, -0.2) is 37.8 Å². The minimum Gasteiger partial charge on any atom is -0.464 e. The van der Waals surface area contributed by atoms with Crippen molar-refractivity contribution in [1.82, 2.24) is 24.7 Å². The number of esters is 1. The minimum atomic E-state index is -0.505. The van der Waals surface area contributed by atoms with Gasteiger partial charge >= 0.3 is 5.97 Å². The number of aryl methyl sites for hydroxylation is 1. The monoisotopic (exact) mass is 441 g/mol. The fourth-order valence-corrected chi connectivity index (χ4v) is 3.53. The molecule has 0 N–H and O–H groups in total. The Balaban J connectivity index is 1.74. The molecule has 0 aliphatic rings. The molecule has 4 aromatic heterocycles. The molecule has 30 heavy (non-hydrogen) atoms. The lowest BCUT2D eigenvalue weighted by molar-refractivity contribution is 0.0594. The molecule has 4 rings (SSSR count). The molecule has 152 valence electrons. The third-order valence-corrected chi connectivity index (χ3v) is 5.27. The largest absolute Gasteiger partial charge is 0.464 e. The predicted molar refractivity (Wildman–Crippen MR) is 111 cm³/mol. The SMILES string of the molecule is CCn1cc(-c2nc(-c3ccc(C(=O)OC)nc3)c(Sc3ccc(Cl)cn3)o2)cn1. The molecule has 0 aromatic carbocycles. The Bertz CT molecular complexity index is 1170. The van der Waals surface area contributed by atoms with Crippen LogP contribution in [0, 0.1) is 0 Å². The molecule has 0 atom stereocenters. The molecule has 0 saturated carbocycles. The molecule has 0 aliphatic heterocycles. The van der Waals surface area contributed by atoms with Crippen LogP contribution in [0.1, 0.15) is 17.4 Å². The van der Waals surface area contributed by atoms with Gasteiger partial charge in [0, 0.05) is 30.7 Å². The first kappa shape index (κ1) is 20.1. The van der Waals surface area contributed by atoms with E-state index in [2.05, 4.69) is 20.1 Å². The molecule has 0 saturated heterocycles. The molecule has 4 heterocycles. The van der Waals surface area contributed by atoms with Crippen molar-refractivity contribution in [2.45, 2.75) is 23.6 Å². The maximum absolute atomic E-state index is 11.7. The number of carbonyl (C=O) groups is 1. The van der Waals surface area contributed by atoms with Crippen LogP contribution in [0.5, 0.6) is 0 Å². The highest BCUT2D eigenvalue weighted by molar-refractivity contribution is 7.99. The number of aromatic nitrogens is 5. The summed E-state index contributed by atoms with van der Waals surface area (Å²) in [7, 11) is 1.31. The molecule has 0 bridgehead atoms. The van der Waals surface area contributed by atoms with E-state index in [0.29, 0.717) is 32.3 Å². The van der Waals surface area contributed by atoms with Crippen molar-refractivity contribution in [2.24, 2.45) is 0 Å². The van der Waals surface area contributed by atoms with Crippen molar-refractivity contribution in [2.75, 3.05) is 7.11 Å². The van der Waals surface area contributed by atoms with Gasteiger partial charge in [-0.3, -0.25) is 4.68 Å². The number of hydrogen-bond acceptors (Lipinski definition) is 8. The number of rotatable bonds is 6. The average Bonchev–Trinajstić information content (AvgIpc) is 3.42. The van der Waals surface area contributed by atoms with Crippen LogP contribution in [0.3, 0.4) is 0 Å². The number of oxazole rings is 1. The number of carbonyl (C=O) groups excluding carboxylic acids is 1. The second kappa shape index (κ2) is 8.68. The lowest BCUT2D eigenvalue weighted by atomic mass is 10.2. The van der Waals surface area contributed by atoms with E-state index in [1.165, 1.54) is 18.9 Å². The summed E-state index contributed by atoms with van der Waals surface area (Å²) in [6.45, 7) is 2.74. The molecule has 8 nitrogen and oxygen atoms in total. The summed E-state index contributed by atoms with van der Waals surface area (Å²) in [6, 6.07) is 6.88. The number of halogens is 1. The summed E-state index contributed by atoms with van der Waals surface area (Å²) >= 11 is 7.25. The summed E-state index contributed by atoms with van der Waals surface area (Å²) in [4.78, 5) is 24.8. The van der Waals surface area contributed by atoms with Crippen LogP contribution < -0.4 is 0 Å². The zero-order valence-electron chi connectivity index (χ0n) is 16.1. The summed E-state index contributed by atoms with van der Waals surface area (Å²) in [5.74, 6) is -0.0763. The predicted octanol–water partition coefficient (Wildman–Crippen LogP) is 4.61. The molecule has 0 fully saturated rings. The highest BCUT2D eigenvalue weighted by atomic mass is 35.5. The van der Waals surface area contributed by atoms with Crippen molar-refractivity contribution >= 4 is 29.3 Å². The average molecular weight is 442 g/mol. The first-order valence-corrected chi connectivity index (χ1v) is 10.1. The second-order valence-electron chi connectivity index (χ2n) is 6.08. The van der Waals surface area contributed by atoms with Crippen molar-refractivity contribution in [1.29, 1.82) is 0 Å². The van der Waals surface area contributed by atoms with Gasteiger partial charge in [0.2, 0.25) is 5.89 Å².